The lowest BCUT2D eigenvalue weighted by atomic mass is 10.0. The van der Waals surface area contributed by atoms with Crippen LogP contribution in [0, 0.1) is 5.92 Å². The van der Waals surface area contributed by atoms with Gasteiger partial charge < -0.3 is 9.64 Å². The van der Waals surface area contributed by atoms with Crippen LogP contribution in [-0.4, -0.2) is 34.9 Å². The summed E-state index contributed by atoms with van der Waals surface area (Å²) >= 11 is 0. The van der Waals surface area contributed by atoms with Crippen LogP contribution < -0.4 is 0 Å². The molecule has 0 aromatic carbocycles. The van der Waals surface area contributed by atoms with E-state index in [0.717, 1.165) is 5.56 Å². The highest BCUT2D eigenvalue weighted by Gasteiger charge is 2.41. The average molecular weight is 248 g/mol. The van der Waals surface area contributed by atoms with E-state index in [-0.39, 0.29) is 30.3 Å². The molecule has 2 atom stereocenters. The molecule has 1 amide bonds. The summed E-state index contributed by atoms with van der Waals surface area (Å²) in [5.41, 5.74) is 1.01. The van der Waals surface area contributed by atoms with Crippen molar-refractivity contribution in [2.45, 2.75) is 25.9 Å². The molecule has 1 aliphatic heterocycles. The molecule has 0 aliphatic carbocycles. The van der Waals surface area contributed by atoms with Gasteiger partial charge in [0, 0.05) is 31.4 Å². The van der Waals surface area contributed by atoms with Crippen LogP contribution in [0.2, 0.25) is 0 Å². The standard InChI is InChI=1S/C13H16N2O3/c1-9-11(13(17)18-2)7-12(16)15(9)8-10-3-5-14-6-4-10/h3-6,9,11H,7-8H2,1-2H3. The molecule has 1 saturated heterocycles. The van der Waals surface area contributed by atoms with E-state index < -0.39 is 0 Å². The molecular weight excluding hydrogens is 232 g/mol. The maximum atomic E-state index is 11.9. The zero-order chi connectivity index (χ0) is 13.1. The Labute approximate surface area is 106 Å². The SMILES string of the molecule is COC(=O)C1CC(=O)N(Cc2ccncc2)C1C. The summed E-state index contributed by atoms with van der Waals surface area (Å²) in [6, 6.07) is 3.61. The summed E-state index contributed by atoms with van der Waals surface area (Å²) in [6.45, 7) is 2.39. The second kappa shape index (κ2) is 5.16. The van der Waals surface area contributed by atoms with Gasteiger partial charge in [-0.25, -0.2) is 0 Å². The van der Waals surface area contributed by atoms with Gasteiger partial charge in [0.1, 0.15) is 0 Å². The minimum atomic E-state index is -0.357. The molecule has 0 spiro atoms. The number of ether oxygens (including phenoxy) is 1. The average Bonchev–Trinajstić information content (AvgIpc) is 2.67. The highest BCUT2D eigenvalue weighted by atomic mass is 16.5. The van der Waals surface area contributed by atoms with Gasteiger partial charge in [-0.3, -0.25) is 14.6 Å². The van der Waals surface area contributed by atoms with Crippen molar-refractivity contribution >= 4 is 11.9 Å². The fourth-order valence-electron chi connectivity index (χ4n) is 2.27. The number of aromatic nitrogens is 1. The van der Waals surface area contributed by atoms with Gasteiger partial charge >= 0.3 is 5.97 Å². The first-order valence-corrected chi connectivity index (χ1v) is 5.89. The van der Waals surface area contributed by atoms with E-state index in [1.54, 1.807) is 17.3 Å². The van der Waals surface area contributed by atoms with Gasteiger partial charge in [0.2, 0.25) is 5.91 Å². The van der Waals surface area contributed by atoms with Crippen molar-refractivity contribution in [3.63, 3.8) is 0 Å². The van der Waals surface area contributed by atoms with Crippen molar-refractivity contribution in [1.82, 2.24) is 9.88 Å². The van der Waals surface area contributed by atoms with Gasteiger partial charge in [0.05, 0.1) is 13.0 Å². The van der Waals surface area contributed by atoms with Crippen LogP contribution in [0.1, 0.15) is 18.9 Å². The van der Waals surface area contributed by atoms with Crippen LogP contribution in [0.25, 0.3) is 0 Å². The van der Waals surface area contributed by atoms with Gasteiger partial charge in [-0.05, 0) is 24.6 Å². The van der Waals surface area contributed by atoms with Crippen molar-refractivity contribution < 1.29 is 14.3 Å². The molecule has 0 N–H and O–H groups in total. The fourth-order valence-corrected chi connectivity index (χ4v) is 2.27. The van der Waals surface area contributed by atoms with Crippen LogP contribution in [0.5, 0.6) is 0 Å². The van der Waals surface area contributed by atoms with Crippen LogP contribution in [0.15, 0.2) is 24.5 Å². The zero-order valence-corrected chi connectivity index (χ0v) is 10.5. The van der Waals surface area contributed by atoms with E-state index in [4.69, 9.17) is 4.74 Å². The molecule has 1 aromatic heterocycles. The second-order valence-electron chi connectivity index (χ2n) is 4.45. The Hall–Kier alpha value is -1.91. The lowest BCUT2D eigenvalue weighted by molar-refractivity contribution is -0.146. The molecule has 1 aliphatic rings. The largest absolute Gasteiger partial charge is 0.469 e. The van der Waals surface area contributed by atoms with Crippen LogP contribution in [0.4, 0.5) is 0 Å². The Morgan fingerprint density at radius 2 is 2.17 bits per heavy atom. The Morgan fingerprint density at radius 3 is 2.78 bits per heavy atom. The predicted octanol–water partition coefficient (Wildman–Crippen LogP) is 0.992. The molecule has 2 rings (SSSR count). The first-order valence-electron chi connectivity index (χ1n) is 5.89. The maximum absolute atomic E-state index is 11.9. The summed E-state index contributed by atoms with van der Waals surface area (Å²) in [5, 5.41) is 0. The summed E-state index contributed by atoms with van der Waals surface area (Å²) in [7, 11) is 1.35. The predicted molar refractivity (Wildman–Crippen MR) is 64.4 cm³/mol. The lowest BCUT2D eigenvalue weighted by Gasteiger charge is -2.23. The minimum Gasteiger partial charge on any atom is -0.469 e. The smallest absolute Gasteiger partial charge is 0.311 e. The lowest BCUT2D eigenvalue weighted by Crippen LogP contribution is -2.34. The number of carbonyl (C=O) groups excluding carboxylic acids is 2. The van der Waals surface area contributed by atoms with Gasteiger partial charge in [0.15, 0.2) is 0 Å². The zero-order valence-electron chi connectivity index (χ0n) is 10.5. The molecule has 1 fully saturated rings. The molecule has 5 heteroatoms. The number of pyridine rings is 1. The van der Waals surface area contributed by atoms with E-state index in [1.165, 1.54) is 7.11 Å². The number of hydrogen-bond donors (Lipinski definition) is 0. The number of esters is 1. The summed E-state index contributed by atoms with van der Waals surface area (Å²) < 4.78 is 4.72. The van der Waals surface area contributed by atoms with E-state index in [2.05, 4.69) is 4.98 Å². The number of hydrogen-bond acceptors (Lipinski definition) is 4. The highest BCUT2D eigenvalue weighted by Crippen LogP contribution is 2.27. The monoisotopic (exact) mass is 248 g/mol. The number of carbonyl (C=O) groups is 2. The fraction of sp³-hybridized carbons (Fsp3) is 0.462. The molecule has 96 valence electrons. The van der Waals surface area contributed by atoms with E-state index in [0.29, 0.717) is 6.54 Å². The number of amides is 1. The third kappa shape index (κ3) is 2.34. The van der Waals surface area contributed by atoms with Crippen molar-refractivity contribution in [1.29, 1.82) is 0 Å². The Bertz CT molecular complexity index is 447. The van der Waals surface area contributed by atoms with Crippen LogP contribution in [-0.2, 0) is 20.9 Å². The molecule has 5 nitrogen and oxygen atoms in total. The molecule has 2 heterocycles. The molecule has 0 bridgehead atoms. The topological polar surface area (TPSA) is 59.5 Å². The van der Waals surface area contributed by atoms with Gasteiger partial charge in [-0.15, -0.1) is 0 Å². The number of rotatable bonds is 3. The Balaban J connectivity index is 2.10. The Kier molecular flexibility index (Phi) is 3.60. The second-order valence-corrected chi connectivity index (χ2v) is 4.45. The third-order valence-electron chi connectivity index (χ3n) is 3.40. The Morgan fingerprint density at radius 1 is 1.50 bits per heavy atom. The molecule has 0 radical (unpaired) electrons. The van der Waals surface area contributed by atoms with Crippen molar-refractivity contribution in [3.05, 3.63) is 30.1 Å². The van der Waals surface area contributed by atoms with Gasteiger partial charge in [0.25, 0.3) is 0 Å². The van der Waals surface area contributed by atoms with Gasteiger partial charge in [-0.2, -0.15) is 0 Å². The summed E-state index contributed by atoms with van der Waals surface area (Å²) in [5.74, 6) is -0.674. The summed E-state index contributed by atoms with van der Waals surface area (Å²) in [4.78, 5) is 29.1. The molecule has 0 saturated carbocycles. The van der Waals surface area contributed by atoms with Crippen molar-refractivity contribution in [3.8, 4) is 0 Å². The van der Waals surface area contributed by atoms with Crippen LogP contribution >= 0.6 is 0 Å². The molecule has 2 unspecified atom stereocenters. The van der Waals surface area contributed by atoms with E-state index >= 15 is 0 Å². The molecule has 18 heavy (non-hydrogen) atoms. The van der Waals surface area contributed by atoms with E-state index in [1.807, 2.05) is 19.1 Å². The molecular formula is C13H16N2O3. The minimum absolute atomic E-state index is 0.00490. The maximum Gasteiger partial charge on any atom is 0.311 e. The number of methoxy groups -OCH3 is 1. The van der Waals surface area contributed by atoms with Crippen molar-refractivity contribution in [2.75, 3.05) is 7.11 Å². The number of nitrogens with zero attached hydrogens (tertiary/aromatic N) is 2. The quantitative estimate of drug-likeness (QED) is 0.748. The molecule has 1 aromatic rings. The normalized spacial score (nSPS) is 23.2. The van der Waals surface area contributed by atoms with E-state index in [9.17, 15) is 9.59 Å². The number of likely N-dealkylation sites (tertiary alicyclic amines) is 1. The summed E-state index contributed by atoms with van der Waals surface area (Å²) in [6.07, 6.45) is 3.62. The first-order chi connectivity index (χ1) is 8.63. The third-order valence-corrected chi connectivity index (χ3v) is 3.40. The van der Waals surface area contributed by atoms with Gasteiger partial charge in [-0.1, -0.05) is 0 Å². The van der Waals surface area contributed by atoms with Crippen molar-refractivity contribution in [2.24, 2.45) is 5.92 Å². The first kappa shape index (κ1) is 12.5. The van der Waals surface area contributed by atoms with Crippen LogP contribution in [0.3, 0.4) is 0 Å². The highest BCUT2D eigenvalue weighted by molar-refractivity contribution is 5.87.